The van der Waals surface area contributed by atoms with Crippen LogP contribution in [0.15, 0.2) is 43.0 Å². The van der Waals surface area contributed by atoms with Crippen LogP contribution in [0, 0.1) is 0 Å². The highest BCUT2D eigenvalue weighted by molar-refractivity contribution is 6.00. The van der Waals surface area contributed by atoms with Gasteiger partial charge in [-0.15, -0.1) is 0 Å². The summed E-state index contributed by atoms with van der Waals surface area (Å²) >= 11 is 0. The molecular formula is C19H23N5O2. The number of rotatable bonds is 5. The van der Waals surface area contributed by atoms with Gasteiger partial charge in [-0.3, -0.25) is 4.79 Å². The van der Waals surface area contributed by atoms with Gasteiger partial charge in [0.1, 0.15) is 5.82 Å². The van der Waals surface area contributed by atoms with Crippen molar-refractivity contribution in [3.63, 3.8) is 0 Å². The second-order valence-electron chi connectivity index (χ2n) is 6.63. The number of methoxy groups -OCH3 is 1. The van der Waals surface area contributed by atoms with Crippen molar-refractivity contribution in [3.05, 3.63) is 54.4 Å². The summed E-state index contributed by atoms with van der Waals surface area (Å²) in [6.45, 7) is 2.97. The first-order chi connectivity index (χ1) is 12.8. The second kappa shape index (κ2) is 7.29. The second-order valence-corrected chi connectivity index (χ2v) is 6.63. The average Bonchev–Trinajstić information content (AvgIpc) is 3.33. The SMILES string of the molecule is COCCn1ccnc1C1CCN(C(=O)c2cnn3ccccc23)CC1. The molecular weight excluding hydrogens is 330 g/mol. The molecule has 1 saturated heterocycles. The van der Waals surface area contributed by atoms with Crippen LogP contribution in [0.5, 0.6) is 0 Å². The standard InChI is InChI=1S/C19H23N5O2/c1-26-13-12-22-11-7-20-18(22)15-5-9-23(10-6-15)19(25)16-14-21-24-8-3-2-4-17(16)24/h2-4,7-8,11,14-15H,5-6,9-10,12-13H2,1H3. The summed E-state index contributed by atoms with van der Waals surface area (Å²) in [7, 11) is 1.71. The zero-order valence-corrected chi connectivity index (χ0v) is 14.9. The van der Waals surface area contributed by atoms with Crippen molar-refractivity contribution in [1.29, 1.82) is 0 Å². The van der Waals surface area contributed by atoms with Gasteiger partial charge in [0.25, 0.3) is 5.91 Å². The molecule has 0 aliphatic carbocycles. The van der Waals surface area contributed by atoms with Gasteiger partial charge in [0.2, 0.25) is 0 Å². The summed E-state index contributed by atoms with van der Waals surface area (Å²) in [4.78, 5) is 19.4. The molecule has 7 heteroatoms. The molecule has 0 spiro atoms. The number of likely N-dealkylation sites (tertiary alicyclic amines) is 1. The molecule has 4 rings (SSSR count). The highest BCUT2D eigenvalue weighted by Crippen LogP contribution is 2.28. The van der Waals surface area contributed by atoms with Gasteiger partial charge in [-0.05, 0) is 25.0 Å². The van der Waals surface area contributed by atoms with E-state index < -0.39 is 0 Å². The number of nitrogens with zero attached hydrogens (tertiary/aromatic N) is 5. The molecule has 0 atom stereocenters. The summed E-state index contributed by atoms with van der Waals surface area (Å²) in [5, 5.41) is 4.27. The van der Waals surface area contributed by atoms with E-state index in [2.05, 4.69) is 14.6 Å². The molecule has 0 N–H and O–H groups in total. The van der Waals surface area contributed by atoms with Crippen LogP contribution >= 0.6 is 0 Å². The highest BCUT2D eigenvalue weighted by Gasteiger charge is 2.28. The maximum atomic E-state index is 12.9. The number of hydrogen-bond acceptors (Lipinski definition) is 4. The first kappa shape index (κ1) is 16.8. The lowest BCUT2D eigenvalue weighted by molar-refractivity contribution is 0.0712. The molecule has 4 heterocycles. The van der Waals surface area contributed by atoms with E-state index in [4.69, 9.17) is 4.74 Å². The molecule has 0 saturated carbocycles. The lowest BCUT2D eigenvalue weighted by atomic mass is 9.95. The number of pyridine rings is 1. The van der Waals surface area contributed by atoms with Gasteiger partial charge in [-0.25, -0.2) is 9.50 Å². The summed E-state index contributed by atoms with van der Waals surface area (Å²) in [6.07, 6.45) is 9.23. The molecule has 0 bridgehead atoms. The monoisotopic (exact) mass is 353 g/mol. The molecule has 1 amide bonds. The van der Waals surface area contributed by atoms with Gasteiger partial charge in [-0.2, -0.15) is 5.10 Å². The van der Waals surface area contributed by atoms with E-state index in [1.54, 1.807) is 17.8 Å². The molecule has 3 aromatic rings. The quantitative estimate of drug-likeness (QED) is 0.705. The fourth-order valence-electron chi connectivity index (χ4n) is 3.67. The van der Waals surface area contributed by atoms with E-state index in [-0.39, 0.29) is 5.91 Å². The van der Waals surface area contributed by atoms with E-state index in [1.807, 2.05) is 41.7 Å². The lowest BCUT2D eigenvalue weighted by Gasteiger charge is -2.31. The molecule has 0 radical (unpaired) electrons. The number of fused-ring (bicyclic) bond motifs is 1. The predicted octanol–water partition coefficient (Wildman–Crippen LogP) is 2.20. The predicted molar refractivity (Wildman–Crippen MR) is 97.2 cm³/mol. The minimum Gasteiger partial charge on any atom is -0.383 e. The number of carbonyl (C=O) groups is 1. The van der Waals surface area contributed by atoms with Gasteiger partial charge in [0.15, 0.2) is 0 Å². The maximum Gasteiger partial charge on any atom is 0.257 e. The Morgan fingerprint density at radius 2 is 2.12 bits per heavy atom. The number of imidazole rings is 1. The highest BCUT2D eigenvalue weighted by atomic mass is 16.5. The topological polar surface area (TPSA) is 64.7 Å². The molecule has 7 nitrogen and oxygen atoms in total. The zero-order valence-electron chi connectivity index (χ0n) is 14.9. The maximum absolute atomic E-state index is 12.9. The lowest BCUT2D eigenvalue weighted by Crippen LogP contribution is -2.38. The van der Waals surface area contributed by atoms with Gasteiger partial charge in [0, 0.05) is 51.3 Å². The number of carbonyl (C=O) groups excluding carboxylic acids is 1. The fourth-order valence-corrected chi connectivity index (χ4v) is 3.67. The fraction of sp³-hybridized carbons (Fsp3) is 0.421. The number of ether oxygens (including phenoxy) is 1. The first-order valence-corrected chi connectivity index (χ1v) is 8.99. The van der Waals surface area contributed by atoms with Crippen molar-refractivity contribution in [2.75, 3.05) is 26.8 Å². The third-order valence-electron chi connectivity index (χ3n) is 5.09. The van der Waals surface area contributed by atoms with E-state index in [1.165, 1.54) is 0 Å². The van der Waals surface area contributed by atoms with Crippen molar-refractivity contribution in [1.82, 2.24) is 24.1 Å². The first-order valence-electron chi connectivity index (χ1n) is 8.99. The van der Waals surface area contributed by atoms with E-state index in [0.29, 0.717) is 18.1 Å². The van der Waals surface area contributed by atoms with Crippen LogP contribution in [0.25, 0.3) is 5.52 Å². The van der Waals surface area contributed by atoms with Crippen molar-refractivity contribution < 1.29 is 9.53 Å². The molecule has 0 unspecified atom stereocenters. The number of aromatic nitrogens is 4. The Morgan fingerprint density at radius 1 is 1.27 bits per heavy atom. The van der Waals surface area contributed by atoms with E-state index in [0.717, 1.165) is 43.8 Å². The Kier molecular flexibility index (Phi) is 4.71. The minimum absolute atomic E-state index is 0.0624. The van der Waals surface area contributed by atoms with Crippen LogP contribution in [-0.4, -0.2) is 56.8 Å². The van der Waals surface area contributed by atoms with Crippen LogP contribution in [0.4, 0.5) is 0 Å². The largest absolute Gasteiger partial charge is 0.383 e. The van der Waals surface area contributed by atoms with Crippen LogP contribution in [-0.2, 0) is 11.3 Å². The Bertz CT molecular complexity index is 892. The van der Waals surface area contributed by atoms with Gasteiger partial charge < -0.3 is 14.2 Å². The van der Waals surface area contributed by atoms with Crippen molar-refractivity contribution in [2.45, 2.75) is 25.3 Å². The van der Waals surface area contributed by atoms with Crippen LogP contribution in [0.3, 0.4) is 0 Å². The average molecular weight is 353 g/mol. The summed E-state index contributed by atoms with van der Waals surface area (Å²) in [5.74, 6) is 1.55. The molecule has 136 valence electrons. The van der Waals surface area contributed by atoms with Crippen molar-refractivity contribution >= 4 is 11.4 Å². The molecule has 0 aromatic carbocycles. The van der Waals surface area contributed by atoms with Crippen LogP contribution in [0.2, 0.25) is 0 Å². The molecule has 3 aromatic heterocycles. The Morgan fingerprint density at radius 3 is 2.92 bits per heavy atom. The van der Waals surface area contributed by atoms with Crippen LogP contribution < -0.4 is 0 Å². The number of hydrogen-bond donors (Lipinski definition) is 0. The molecule has 1 aliphatic rings. The Balaban J connectivity index is 1.44. The summed E-state index contributed by atoms with van der Waals surface area (Å²) in [5.41, 5.74) is 1.53. The third kappa shape index (κ3) is 3.10. The van der Waals surface area contributed by atoms with Crippen molar-refractivity contribution in [2.24, 2.45) is 0 Å². The molecule has 1 fully saturated rings. The normalized spacial score (nSPS) is 15.7. The van der Waals surface area contributed by atoms with E-state index >= 15 is 0 Å². The summed E-state index contributed by atoms with van der Waals surface area (Å²) in [6, 6.07) is 5.77. The van der Waals surface area contributed by atoms with Crippen molar-refractivity contribution in [3.8, 4) is 0 Å². The Labute approximate surface area is 152 Å². The van der Waals surface area contributed by atoms with Crippen LogP contribution in [0.1, 0.15) is 34.9 Å². The summed E-state index contributed by atoms with van der Waals surface area (Å²) < 4.78 is 9.08. The van der Waals surface area contributed by atoms with E-state index in [9.17, 15) is 4.79 Å². The number of amides is 1. The Hall–Kier alpha value is -2.67. The third-order valence-corrected chi connectivity index (χ3v) is 5.09. The van der Waals surface area contributed by atoms with Gasteiger partial charge >= 0.3 is 0 Å². The molecule has 1 aliphatic heterocycles. The number of piperidine rings is 1. The zero-order chi connectivity index (χ0) is 17.9. The smallest absolute Gasteiger partial charge is 0.257 e. The minimum atomic E-state index is 0.0624. The van der Waals surface area contributed by atoms with Gasteiger partial charge in [-0.1, -0.05) is 6.07 Å². The molecule has 26 heavy (non-hydrogen) atoms. The van der Waals surface area contributed by atoms with Gasteiger partial charge in [0.05, 0.1) is 23.9 Å².